The van der Waals surface area contributed by atoms with Gasteiger partial charge in [0, 0.05) is 12.6 Å². The first-order chi connectivity index (χ1) is 9.67. The summed E-state index contributed by atoms with van der Waals surface area (Å²) < 4.78 is 10.7. The molecular formula is C15H25ClN2O3. The first-order valence-electron chi connectivity index (χ1n) is 6.93. The van der Waals surface area contributed by atoms with Crippen LogP contribution in [0.1, 0.15) is 20.3 Å². The van der Waals surface area contributed by atoms with Crippen molar-refractivity contribution in [3.8, 4) is 11.5 Å². The van der Waals surface area contributed by atoms with E-state index in [0.717, 1.165) is 6.54 Å². The van der Waals surface area contributed by atoms with Gasteiger partial charge in [0.25, 0.3) is 0 Å². The summed E-state index contributed by atoms with van der Waals surface area (Å²) >= 11 is 0. The summed E-state index contributed by atoms with van der Waals surface area (Å²) in [6, 6.07) is 7.67. The molecular weight excluding hydrogens is 292 g/mol. The monoisotopic (exact) mass is 316 g/mol. The second-order valence-corrected chi connectivity index (χ2v) is 4.51. The van der Waals surface area contributed by atoms with Crippen LogP contribution in [0.5, 0.6) is 11.5 Å². The molecule has 0 aliphatic carbocycles. The molecule has 1 rings (SSSR count). The summed E-state index contributed by atoms with van der Waals surface area (Å²) in [6.07, 6.45) is 0.330. The Morgan fingerprint density at radius 3 is 2.57 bits per heavy atom. The highest BCUT2D eigenvalue weighted by Crippen LogP contribution is 2.25. The second-order valence-electron chi connectivity index (χ2n) is 4.51. The lowest BCUT2D eigenvalue weighted by Gasteiger charge is -2.13. The summed E-state index contributed by atoms with van der Waals surface area (Å²) in [6.45, 7) is 5.94. The summed E-state index contributed by atoms with van der Waals surface area (Å²) in [5.41, 5.74) is 0. The van der Waals surface area contributed by atoms with Crippen molar-refractivity contribution in [3.05, 3.63) is 24.3 Å². The average molecular weight is 317 g/mol. The third-order valence-corrected chi connectivity index (χ3v) is 2.81. The van der Waals surface area contributed by atoms with Crippen LogP contribution in [0.4, 0.5) is 0 Å². The molecule has 0 bridgehead atoms. The number of benzene rings is 1. The Morgan fingerprint density at radius 2 is 1.95 bits per heavy atom. The van der Waals surface area contributed by atoms with Crippen LogP contribution in [0.15, 0.2) is 24.3 Å². The number of likely N-dealkylation sites (N-methyl/N-ethyl adjacent to an activating group) is 1. The molecule has 1 atom stereocenters. The van der Waals surface area contributed by atoms with Crippen molar-refractivity contribution in [3.63, 3.8) is 0 Å². The van der Waals surface area contributed by atoms with Crippen molar-refractivity contribution in [1.82, 2.24) is 10.6 Å². The Bertz CT molecular complexity index is 416. The van der Waals surface area contributed by atoms with Gasteiger partial charge >= 0.3 is 0 Å². The first kappa shape index (κ1) is 19.5. The predicted octanol–water partition coefficient (Wildman–Crippen LogP) is 2.00. The van der Waals surface area contributed by atoms with Gasteiger partial charge in [0.1, 0.15) is 0 Å². The molecule has 0 aromatic heterocycles. The minimum Gasteiger partial charge on any atom is -0.493 e. The third kappa shape index (κ3) is 7.78. The topological polar surface area (TPSA) is 59.6 Å². The van der Waals surface area contributed by atoms with Gasteiger partial charge in [0.15, 0.2) is 11.5 Å². The van der Waals surface area contributed by atoms with Crippen LogP contribution < -0.4 is 20.1 Å². The minimum atomic E-state index is -0.00958. The Morgan fingerprint density at radius 1 is 1.29 bits per heavy atom. The van der Waals surface area contributed by atoms with E-state index in [2.05, 4.69) is 10.6 Å². The lowest BCUT2D eigenvalue weighted by Crippen LogP contribution is -2.39. The zero-order valence-electron chi connectivity index (χ0n) is 12.8. The molecule has 0 unspecified atom stereocenters. The van der Waals surface area contributed by atoms with E-state index in [1.807, 2.05) is 38.1 Å². The van der Waals surface area contributed by atoms with E-state index < -0.39 is 0 Å². The van der Waals surface area contributed by atoms with Crippen LogP contribution >= 0.6 is 12.4 Å². The van der Waals surface area contributed by atoms with Gasteiger partial charge in [-0.1, -0.05) is 19.1 Å². The Labute approximate surface area is 132 Å². The average Bonchev–Trinajstić information content (AvgIpc) is 2.46. The number of ether oxygens (including phenoxy) is 2. The summed E-state index contributed by atoms with van der Waals surface area (Å²) in [5.74, 6) is 1.32. The molecule has 1 amide bonds. The Hall–Kier alpha value is -1.46. The number of methoxy groups -OCH3 is 1. The molecule has 0 heterocycles. The van der Waals surface area contributed by atoms with Gasteiger partial charge in [-0.25, -0.2) is 0 Å². The zero-order chi connectivity index (χ0) is 14.8. The molecule has 2 N–H and O–H groups in total. The van der Waals surface area contributed by atoms with Gasteiger partial charge in [-0.15, -0.1) is 12.4 Å². The predicted molar refractivity (Wildman–Crippen MR) is 86.5 cm³/mol. The molecule has 21 heavy (non-hydrogen) atoms. The van der Waals surface area contributed by atoms with E-state index in [9.17, 15) is 4.79 Å². The van der Waals surface area contributed by atoms with Crippen LogP contribution in [0, 0.1) is 0 Å². The van der Waals surface area contributed by atoms with Crippen molar-refractivity contribution in [2.45, 2.75) is 26.3 Å². The number of hydrogen-bond acceptors (Lipinski definition) is 4. The molecule has 120 valence electrons. The van der Waals surface area contributed by atoms with Crippen molar-refractivity contribution in [2.75, 3.05) is 26.8 Å². The summed E-state index contributed by atoms with van der Waals surface area (Å²) in [4.78, 5) is 11.6. The van der Waals surface area contributed by atoms with E-state index in [1.165, 1.54) is 0 Å². The highest BCUT2D eigenvalue weighted by Gasteiger charge is 2.06. The van der Waals surface area contributed by atoms with Crippen LogP contribution in [0.2, 0.25) is 0 Å². The molecule has 6 heteroatoms. The van der Waals surface area contributed by atoms with Crippen molar-refractivity contribution in [1.29, 1.82) is 0 Å². The molecule has 0 spiro atoms. The number of para-hydroxylation sites is 2. The second kappa shape index (κ2) is 11.2. The van der Waals surface area contributed by atoms with Gasteiger partial charge in [-0.3, -0.25) is 4.79 Å². The van der Waals surface area contributed by atoms with Gasteiger partial charge in [0.05, 0.1) is 20.1 Å². The standard InChI is InChI=1S/C15H24N2O3.ClH/c1-4-16-12(2)11-17-15(18)9-10-20-14-8-6-5-7-13(14)19-3;/h5-8,12,16H,4,9-11H2,1-3H3,(H,17,18);1H/t12-;/m1./s1. The molecule has 0 fully saturated rings. The third-order valence-electron chi connectivity index (χ3n) is 2.81. The van der Waals surface area contributed by atoms with E-state index in [-0.39, 0.29) is 24.4 Å². The van der Waals surface area contributed by atoms with E-state index >= 15 is 0 Å². The fraction of sp³-hybridized carbons (Fsp3) is 0.533. The summed E-state index contributed by atoms with van der Waals surface area (Å²) in [7, 11) is 1.59. The molecule has 0 saturated heterocycles. The molecule has 1 aromatic rings. The van der Waals surface area contributed by atoms with Crippen molar-refractivity contribution >= 4 is 18.3 Å². The van der Waals surface area contributed by atoms with Gasteiger partial charge in [-0.2, -0.15) is 0 Å². The number of amides is 1. The smallest absolute Gasteiger partial charge is 0.223 e. The van der Waals surface area contributed by atoms with Crippen molar-refractivity contribution in [2.24, 2.45) is 0 Å². The largest absolute Gasteiger partial charge is 0.493 e. The van der Waals surface area contributed by atoms with Crippen LogP contribution in [-0.4, -0.2) is 38.8 Å². The molecule has 0 aliphatic rings. The van der Waals surface area contributed by atoms with Crippen LogP contribution in [0.3, 0.4) is 0 Å². The van der Waals surface area contributed by atoms with Gasteiger partial charge in [-0.05, 0) is 25.6 Å². The Balaban J connectivity index is 0.00000400. The first-order valence-corrected chi connectivity index (χ1v) is 6.93. The zero-order valence-corrected chi connectivity index (χ0v) is 13.7. The van der Waals surface area contributed by atoms with E-state index in [0.29, 0.717) is 31.1 Å². The van der Waals surface area contributed by atoms with Gasteiger partial charge < -0.3 is 20.1 Å². The number of carbonyl (C=O) groups excluding carboxylic acids is 1. The molecule has 0 radical (unpaired) electrons. The maximum atomic E-state index is 11.6. The summed E-state index contributed by atoms with van der Waals surface area (Å²) in [5, 5.41) is 6.10. The molecule has 1 aromatic carbocycles. The number of hydrogen-bond donors (Lipinski definition) is 2. The van der Waals surface area contributed by atoms with E-state index in [4.69, 9.17) is 9.47 Å². The molecule has 5 nitrogen and oxygen atoms in total. The minimum absolute atomic E-state index is 0. The normalized spacial score (nSPS) is 11.2. The SMILES string of the molecule is CCN[C@H](C)CNC(=O)CCOc1ccccc1OC.Cl. The fourth-order valence-corrected chi connectivity index (χ4v) is 1.77. The maximum Gasteiger partial charge on any atom is 0.223 e. The highest BCUT2D eigenvalue weighted by molar-refractivity contribution is 5.85. The lowest BCUT2D eigenvalue weighted by atomic mass is 10.3. The van der Waals surface area contributed by atoms with Gasteiger partial charge in [0.2, 0.25) is 5.91 Å². The number of nitrogens with one attached hydrogen (secondary N) is 2. The number of carbonyl (C=O) groups is 1. The quantitative estimate of drug-likeness (QED) is 0.731. The Kier molecular flexibility index (Phi) is 10.4. The maximum absolute atomic E-state index is 11.6. The van der Waals surface area contributed by atoms with E-state index in [1.54, 1.807) is 7.11 Å². The van der Waals surface area contributed by atoms with Crippen LogP contribution in [0.25, 0.3) is 0 Å². The van der Waals surface area contributed by atoms with Crippen LogP contribution in [-0.2, 0) is 4.79 Å². The van der Waals surface area contributed by atoms with Crippen molar-refractivity contribution < 1.29 is 14.3 Å². The molecule has 0 aliphatic heterocycles. The lowest BCUT2D eigenvalue weighted by molar-refractivity contribution is -0.121. The number of rotatable bonds is 9. The number of halogens is 1. The fourth-order valence-electron chi connectivity index (χ4n) is 1.77. The molecule has 0 saturated carbocycles. The highest BCUT2D eigenvalue weighted by atomic mass is 35.5.